The molecular weight excluding hydrogens is 333 g/mol. The number of anilines is 1. The Kier molecular flexibility index (Phi) is 4.20. The maximum absolute atomic E-state index is 12.8. The minimum absolute atomic E-state index is 0.102. The standard InChI is InChI=1S/C17H15F3N4O/c1-10(2)23-14-6-15(21-7-11(14)9-25)16-4-3-13-5-12(17(18,19)20)8-22-24(13)16/h3-10H,1-2H3,(H,21,23). The van der Waals surface area contributed by atoms with Crippen LogP contribution in [0, 0.1) is 0 Å². The molecule has 0 aliphatic carbocycles. The van der Waals surface area contributed by atoms with Crippen LogP contribution in [0.3, 0.4) is 0 Å². The predicted molar refractivity (Wildman–Crippen MR) is 87.6 cm³/mol. The highest BCUT2D eigenvalue weighted by Gasteiger charge is 2.31. The summed E-state index contributed by atoms with van der Waals surface area (Å²) >= 11 is 0. The zero-order chi connectivity index (χ0) is 18.2. The second-order valence-electron chi connectivity index (χ2n) is 5.87. The molecule has 0 aliphatic rings. The van der Waals surface area contributed by atoms with Crippen molar-refractivity contribution < 1.29 is 18.0 Å². The van der Waals surface area contributed by atoms with Crippen LogP contribution in [-0.2, 0) is 6.18 Å². The third-order valence-corrected chi connectivity index (χ3v) is 3.60. The zero-order valence-electron chi connectivity index (χ0n) is 13.5. The number of carbonyl (C=O) groups is 1. The minimum Gasteiger partial charge on any atom is -0.382 e. The fourth-order valence-corrected chi connectivity index (χ4v) is 2.48. The molecule has 0 aromatic carbocycles. The lowest BCUT2D eigenvalue weighted by Crippen LogP contribution is -2.12. The van der Waals surface area contributed by atoms with E-state index in [4.69, 9.17) is 0 Å². The molecule has 0 unspecified atom stereocenters. The summed E-state index contributed by atoms with van der Waals surface area (Å²) in [5.74, 6) is 0. The number of hydrogen-bond acceptors (Lipinski definition) is 4. The number of aromatic nitrogens is 3. The van der Waals surface area contributed by atoms with Crippen molar-refractivity contribution >= 4 is 17.5 Å². The molecule has 1 N–H and O–H groups in total. The van der Waals surface area contributed by atoms with Gasteiger partial charge in [-0.25, -0.2) is 4.52 Å². The van der Waals surface area contributed by atoms with Crippen molar-refractivity contribution in [3.05, 3.63) is 47.8 Å². The molecule has 0 radical (unpaired) electrons. The monoisotopic (exact) mass is 348 g/mol. The van der Waals surface area contributed by atoms with Gasteiger partial charge in [-0.1, -0.05) is 0 Å². The summed E-state index contributed by atoms with van der Waals surface area (Å²) in [6, 6.07) is 6.01. The number of alkyl halides is 3. The van der Waals surface area contributed by atoms with E-state index in [9.17, 15) is 18.0 Å². The Hall–Kier alpha value is -2.90. The van der Waals surface area contributed by atoms with Crippen LogP contribution in [0.15, 0.2) is 36.7 Å². The highest BCUT2D eigenvalue weighted by atomic mass is 19.4. The summed E-state index contributed by atoms with van der Waals surface area (Å²) in [7, 11) is 0. The molecular formula is C17H15F3N4O. The number of hydrogen-bond donors (Lipinski definition) is 1. The topological polar surface area (TPSA) is 59.3 Å². The van der Waals surface area contributed by atoms with Gasteiger partial charge in [0.1, 0.15) is 0 Å². The Labute approximate surface area is 141 Å². The summed E-state index contributed by atoms with van der Waals surface area (Å²) < 4.78 is 39.8. The lowest BCUT2D eigenvalue weighted by atomic mass is 10.2. The Morgan fingerprint density at radius 1 is 1.20 bits per heavy atom. The molecule has 3 heterocycles. The van der Waals surface area contributed by atoms with Crippen molar-refractivity contribution in [2.75, 3.05) is 5.32 Å². The fraction of sp³-hybridized carbons (Fsp3) is 0.235. The molecule has 0 atom stereocenters. The van der Waals surface area contributed by atoms with Gasteiger partial charge in [-0.3, -0.25) is 9.78 Å². The van der Waals surface area contributed by atoms with E-state index >= 15 is 0 Å². The van der Waals surface area contributed by atoms with Gasteiger partial charge in [0.05, 0.1) is 34.2 Å². The molecule has 8 heteroatoms. The number of halogens is 3. The second kappa shape index (κ2) is 6.19. The normalized spacial score (nSPS) is 11.9. The number of nitrogens with zero attached hydrogens (tertiary/aromatic N) is 3. The molecule has 5 nitrogen and oxygen atoms in total. The van der Waals surface area contributed by atoms with E-state index in [-0.39, 0.29) is 6.04 Å². The van der Waals surface area contributed by atoms with Crippen molar-refractivity contribution in [1.29, 1.82) is 0 Å². The molecule has 0 bridgehead atoms. The van der Waals surface area contributed by atoms with Crippen LogP contribution >= 0.6 is 0 Å². The molecule has 0 aliphatic heterocycles. The molecule has 0 fully saturated rings. The van der Waals surface area contributed by atoms with Gasteiger partial charge in [0.2, 0.25) is 0 Å². The van der Waals surface area contributed by atoms with Crippen molar-refractivity contribution in [3.63, 3.8) is 0 Å². The fourth-order valence-electron chi connectivity index (χ4n) is 2.48. The first-order chi connectivity index (χ1) is 11.8. The molecule has 130 valence electrons. The highest BCUT2D eigenvalue weighted by molar-refractivity contribution is 5.85. The van der Waals surface area contributed by atoms with E-state index in [1.54, 1.807) is 18.2 Å². The summed E-state index contributed by atoms with van der Waals surface area (Å²) in [6.07, 6.45) is -1.54. The first kappa shape index (κ1) is 16.9. The average Bonchev–Trinajstić information content (AvgIpc) is 2.96. The average molecular weight is 348 g/mol. The summed E-state index contributed by atoms with van der Waals surface area (Å²) in [5, 5.41) is 7.04. The molecule has 0 spiro atoms. The number of nitrogens with one attached hydrogen (secondary N) is 1. The van der Waals surface area contributed by atoms with Gasteiger partial charge in [0.15, 0.2) is 6.29 Å². The quantitative estimate of drug-likeness (QED) is 0.723. The number of carbonyl (C=O) groups excluding carboxylic acids is 1. The van der Waals surface area contributed by atoms with Crippen LogP contribution in [0.1, 0.15) is 29.8 Å². The van der Waals surface area contributed by atoms with Crippen LogP contribution in [-0.4, -0.2) is 26.9 Å². The molecule has 3 aromatic heterocycles. The largest absolute Gasteiger partial charge is 0.418 e. The number of rotatable bonds is 4. The lowest BCUT2D eigenvalue weighted by Gasteiger charge is -2.13. The molecule has 0 amide bonds. The minimum atomic E-state index is -4.45. The predicted octanol–water partition coefficient (Wildman–Crippen LogP) is 4.05. The Morgan fingerprint density at radius 2 is 1.96 bits per heavy atom. The Morgan fingerprint density at radius 3 is 2.60 bits per heavy atom. The molecule has 25 heavy (non-hydrogen) atoms. The van der Waals surface area contributed by atoms with Crippen LogP contribution in [0.5, 0.6) is 0 Å². The van der Waals surface area contributed by atoms with E-state index in [2.05, 4.69) is 15.4 Å². The molecule has 3 aromatic rings. The number of fused-ring (bicyclic) bond motifs is 1. The van der Waals surface area contributed by atoms with Gasteiger partial charge in [-0.15, -0.1) is 0 Å². The van der Waals surface area contributed by atoms with E-state index in [1.165, 1.54) is 10.7 Å². The summed E-state index contributed by atoms with van der Waals surface area (Å²) in [6.45, 7) is 3.86. The smallest absolute Gasteiger partial charge is 0.382 e. The summed E-state index contributed by atoms with van der Waals surface area (Å²) in [4.78, 5) is 15.4. The molecule has 0 saturated carbocycles. The Balaban J connectivity index is 2.09. The van der Waals surface area contributed by atoms with E-state index in [0.717, 1.165) is 12.3 Å². The van der Waals surface area contributed by atoms with Crippen LogP contribution in [0.2, 0.25) is 0 Å². The first-order valence-corrected chi connectivity index (χ1v) is 7.56. The van der Waals surface area contributed by atoms with Gasteiger partial charge in [0, 0.05) is 17.9 Å². The van der Waals surface area contributed by atoms with Crippen LogP contribution in [0.4, 0.5) is 18.9 Å². The van der Waals surface area contributed by atoms with E-state index in [0.29, 0.717) is 34.4 Å². The van der Waals surface area contributed by atoms with E-state index < -0.39 is 11.7 Å². The van der Waals surface area contributed by atoms with E-state index in [1.807, 2.05) is 13.8 Å². The SMILES string of the molecule is CC(C)Nc1cc(-c2ccc3cc(C(F)(F)F)cnn23)ncc1C=O. The maximum atomic E-state index is 12.8. The zero-order valence-corrected chi connectivity index (χ0v) is 13.5. The lowest BCUT2D eigenvalue weighted by molar-refractivity contribution is -0.137. The maximum Gasteiger partial charge on any atom is 0.418 e. The molecule has 0 saturated heterocycles. The van der Waals surface area contributed by atoms with Crippen molar-refractivity contribution in [2.24, 2.45) is 0 Å². The van der Waals surface area contributed by atoms with Crippen LogP contribution in [0.25, 0.3) is 16.9 Å². The highest BCUT2D eigenvalue weighted by Crippen LogP contribution is 2.31. The third kappa shape index (κ3) is 3.33. The second-order valence-corrected chi connectivity index (χ2v) is 5.87. The number of pyridine rings is 1. The Bertz CT molecular complexity index is 931. The van der Waals surface area contributed by atoms with Gasteiger partial charge < -0.3 is 5.32 Å². The summed E-state index contributed by atoms with van der Waals surface area (Å²) in [5.41, 5.74) is 1.55. The van der Waals surface area contributed by atoms with Gasteiger partial charge in [-0.05, 0) is 38.1 Å². The first-order valence-electron chi connectivity index (χ1n) is 7.56. The van der Waals surface area contributed by atoms with Crippen LogP contribution < -0.4 is 5.32 Å². The van der Waals surface area contributed by atoms with Gasteiger partial charge in [-0.2, -0.15) is 18.3 Å². The van der Waals surface area contributed by atoms with Crippen molar-refractivity contribution in [3.8, 4) is 11.4 Å². The third-order valence-electron chi connectivity index (χ3n) is 3.60. The van der Waals surface area contributed by atoms with Gasteiger partial charge in [0.25, 0.3) is 0 Å². The van der Waals surface area contributed by atoms with Gasteiger partial charge >= 0.3 is 6.18 Å². The molecule has 3 rings (SSSR count). The van der Waals surface area contributed by atoms with Crippen molar-refractivity contribution in [1.82, 2.24) is 14.6 Å². The van der Waals surface area contributed by atoms with Crippen molar-refractivity contribution in [2.45, 2.75) is 26.1 Å². The number of aldehydes is 1.